The maximum atomic E-state index is 12.6. The predicted octanol–water partition coefficient (Wildman–Crippen LogP) is 3.45. The highest BCUT2D eigenvalue weighted by atomic mass is 32.2. The van der Waals surface area contributed by atoms with Crippen molar-refractivity contribution >= 4 is 49.7 Å². The number of amides is 1. The van der Waals surface area contributed by atoms with Crippen molar-refractivity contribution in [1.82, 2.24) is 9.29 Å². The predicted molar refractivity (Wildman–Crippen MR) is 123 cm³/mol. The summed E-state index contributed by atoms with van der Waals surface area (Å²) in [5.41, 5.74) is 1.70. The number of rotatable bonds is 7. The van der Waals surface area contributed by atoms with Crippen molar-refractivity contribution in [2.75, 3.05) is 25.0 Å². The van der Waals surface area contributed by atoms with Crippen LogP contribution in [0.2, 0.25) is 0 Å². The molecule has 1 aliphatic rings. The topological polar surface area (TPSA) is 106 Å². The van der Waals surface area contributed by atoms with Crippen LogP contribution in [0, 0.1) is 5.92 Å². The Morgan fingerprint density at radius 1 is 1.09 bits per heavy atom. The van der Waals surface area contributed by atoms with Crippen molar-refractivity contribution in [3.05, 3.63) is 53.2 Å². The van der Waals surface area contributed by atoms with Crippen LogP contribution >= 0.6 is 22.7 Å². The summed E-state index contributed by atoms with van der Waals surface area (Å²) in [6.07, 6.45) is 0.718. The second-order valence-electron chi connectivity index (χ2n) is 7.17. The molecule has 1 amide bonds. The van der Waals surface area contributed by atoms with E-state index in [0.717, 1.165) is 11.3 Å². The molecule has 1 fully saturated rings. The van der Waals surface area contributed by atoms with Crippen molar-refractivity contribution in [3.63, 3.8) is 0 Å². The Bertz CT molecular complexity index is 1170. The summed E-state index contributed by atoms with van der Waals surface area (Å²) >= 11 is 2.46. The van der Waals surface area contributed by atoms with Gasteiger partial charge in [0.25, 0.3) is 15.9 Å². The standard InChI is InChI=1S/C21H21N3O5S3/c25-18(23-21-22-17(14-31-21)15-5-2-1-3-6-15)13-29-20(26)16-8-10-24(11-9-16)32(27,28)19-7-4-12-30-19/h1-7,12,14,16H,8-11,13H2,(H,22,23,25). The quantitative estimate of drug-likeness (QED) is 0.508. The Labute approximate surface area is 193 Å². The highest BCUT2D eigenvalue weighted by molar-refractivity contribution is 7.91. The van der Waals surface area contributed by atoms with Gasteiger partial charge >= 0.3 is 5.97 Å². The lowest BCUT2D eigenvalue weighted by Crippen LogP contribution is -2.40. The van der Waals surface area contributed by atoms with Crippen LogP contribution in [-0.2, 0) is 24.3 Å². The van der Waals surface area contributed by atoms with Gasteiger partial charge in [0.05, 0.1) is 11.6 Å². The fourth-order valence-corrected chi connectivity index (χ4v) is 6.70. The molecule has 0 bridgehead atoms. The molecule has 0 unspecified atom stereocenters. The molecular weight excluding hydrogens is 470 g/mol. The molecule has 3 heterocycles. The number of carbonyl (C=O) groups is 2. The van der Waals surface area contributed by atoms with E-state index in [1.54, 1.807) is 17.5 Å². The van der Waals surface area contributed by atoms with E-state index in [0.29, 0.717) is 22.2 Å². The first-order valence-electron chi connectivity index (χ1n) is 9.94. The van der Waals surface area contributed by atoms with Gasteiger partial charge in [-0.2, -0.15) is 4.31 Å². The zero-order valence-electron chi connectivity index (χ0n) is 17.0. The number of hydrogen-bond donors (Lipinski definition) is 1. The van der Waals surface area contributed by atoms with E-state index in [1.807, 2.05) is 35.7 Å². The van der Waals surface area contributed by atoms with Gasteiger partial charge in [0.2, 0.25) is 0 Å². The molecule has 0 aliphatic carbocycles. The molecule has 2 aromatic heterocycles. The first kappa shape index (κ1) is 22.6. The van der Waals surface area contributed by atoms with Crippen molar-refractivity contribution in [3.8, 4) is 11.3 Å². The van der Waals surface area contributed by atoms with Crippen LogP contribution in [0.3, 0.4) is 0 Å². The molecule has 1 N–H and O–H groups in total. The first-order valence-corrected chi connectivity index (χ1v) is 13.1. The minimum Gasteiger partial charge on any atom is -0.455 e. The number of anilines is 1. The molecule has 0 radical (unpaired) electrons. The number of esters is 1. The number of aromatic nitrogens is 1. The highest BCUT2D eigenvalue weighted by Gasteiger charge is 2.33. The summed E-state index contributed by atoms with van der Waals surface area (Å²) in [5, 5.41) is 6.63. The minimum absolute atomic E-state index is 0.244. The van der Waals surface area contributed by atoms with Crippen molar-refractivity contribution < 1.29 is 22.7 Å². The van der Waals surface area contributed by atoms with Gasteiger partial charge in [-0.25, -0.2) is 13.4 Å². The number of piperidine rings is 1. The summed E-state index contributed by atoms with van der Waals surface area (Å²) in [6, 6.07) is 12.9. The second kappa shape index (κ2) is 9.90. The van der Waals surface area contributed by atoms with Crippen molar-refractivity contribution in [1.29, 1.82) is 0 Å². The first-order chi connectivity index (χ1) is 15.4. The van der Waals surface area contributed by atoms with Gasteiger partial charge in [-0.05, 0) is 24.3 Å². The lowest BCUT2D eigenvalue weighted by molar-refractivity contribution is -0.152. The number of carbonyl (C=O) groups excluding carboxylic acids is 2. The Morgan fingerprint density at radius 3 is 2.53 bits per heavy atom. The highest BCUT2D eigenvalue weighted by Crippen LogP contribution is 2.27. The normalized spacial score (nSPS) is 15.4. The third kappa shape index (κ3) is 5.23. The molecular formula is C21H21N3O5S3. The summed E-state index contributed by atoms with van der Waals surface area (Å²) in [4.78, 5) is 28.9. The largest absolute Gasteiger partial charge is 0.455 e. The monoisotopic (exact) mass is 491 g/mol. The Balaban J connectivity index is 1.23. The van der Waals surface area contributed by atoms with Gasteiger partial charge < -0.3 is 4.74 Å². The molecule has 0 spiro atoms. The number of sulfonamides is 1. The molecule has 8 nitrogen and oxygen atoms in total. The van der Waals surface area contributed by atoms with Crippen LogP contribution in [0.5, 0.6) is 0 Å². The molecule has 4 rings (SSSR count). The molecule has 1 saturated heterocycles. The molecule has 3 aromatic rings. The zero-order chi connectivity index (χ0) is 22.6. The third-order valence-corrected chi connectivity index (χ3v) is 9.07. The van der Waals surface area contributed by atoms with E-state index in [-0.39, 0.29) is 13.1 Å². The van der Waals surface area contributed by atoms with Gasteiger partial charge in [0.15, 0.2) is 11.7 Å². The van der Waals surface area contributed by atoms with Crippen LogP contribution < -0.4 is 5.32 Å². The molecule has 1 aromatic carbocycles. The molecule has 168 valence electrons. The summed E-state index contributed by atoms with van der Waals surface area (Å²) in [6.45, 7) is 0.0773. The number of nitrogens with zero attached hydrogens (tertiary/aromatic N) is 2. The maximum Gasteiger partial charge on any atom is 0.309 e. The van der Waals surface area contributed by atoms with Crippen LogP contribution in [-0.4, -0.2) is 49.3 Å². The Hall–Kier alpha value is -2.60. The number of thiophene rings is 1. The lowest BCUT2D eigenvalue weighted by atomic mass is 9.98. The Kier molecular flexibility index (Phi) is 6.99. The van der Waals surface area contributed by atoms with Gasteiger partial charge in [-0.1, -0.05) is 36.4 Å². The molecule has 1 aliphatic heterocycles. The van der Waals surface area contributed by atoms with Crippen molar-refractivity contribution in [2.45, 2.75) is 17.1 Å². The number of hydrogen-bond acceptors (Lipinski definition) is 8. The van der Waals surface area contributed by atoms with Gasteiger partial charge in [-0.3, -0.25) is 14.9 Å². The Morgan fingerprint density at radius 2 is 1.84 bits per heavy atom. The number of ether oxygens (including phenoxy) is 1. The van der Waals surface area contributed by atoms with E-state index < -0.39 is 34.4 Å². The maximum absolute atomic E-state index is 12.6. The van der Waals surface area contributed by atoms with E-state index in [1.165, 1.54) is 27.0 Å². The van der Waals surface area contributed by atoms with E-state index in [9.17, 15) is 18.0 Å². The van der Waals surface area contributed by atoms with Crippen LogP contribution in [0.1, 0.15) is 12.8 Å². The number of nitrogens with one attached hydrogen (secondary N) is 1. The average Bonchev–Trinajstić information content (AvgIpc) is 3.51. The average molecular weight is 492 g/mol. The summed E-state index contributed by atoms with van der Waals surface area (Å²) < 4.78 is 32.0. The second-order valence-corrected chi connectivity index (χ2v) is 11.1. The summed E-state index contributed by atoms with van der Waals surface area (Å²) in [7, 11) is -3.52. The van der Waals surface area contributed by atoms with Gasteiger partial charge in [0, 0.05) is 24.0 Å². The summed E-state index contributed by atoms with van der Waals surface area (Å²) in [5.74, 6) is -1.38. The molecule has 0 saturated carbocycles. The van der Waals surface area contributed by atoms with Gasteiger partial charge in [-0.15, -0.1) is 22.7 Å². The SMILES string of the molecule is O=C(COC(=O)C1CCN(S(=O)(=O)c2cccs2)CC1)Nc1nc(-c2ccccc2)cs1. The molecule has 32 heavy (non-hydrogen) atoms. The smallest absolute Gasteiger partial charge is 0.309 e. The van der Waals surface area contributed by atoms with Crippen LogP contribution in [0.4, 0.5) is 5.13 Å². The fraction of sp³-hybridized carbons (Fsp3) is 0.286. The van der Waals surface area contributed by atoms with Gasteiger partial charge in [0.1, 0.15) is 4.21 Å². The van der Waals surface area contributed by atoms with E-state index in [4.69, 9.17) is 4.74 Å². The molecule has 0 atom stereocenters. The zero-order valence-corrected chi connectivity index (χ0v) is 19.4. The number of benzene rings is 1. The van der Waals surface area contributed by atoms with Crippen LogP contribution in [0.15, 0.2) is 57.4 Å². The molecule has 11 heteroatoms. The van der Waals surface area contributed by atoms with Crippen molar-refractivity contribution in [2.24, 2.45) is 5.92 Å². The fourth-order valence-electron chi connectivity index (χ4n) is 3.35. The lowest BCUT2D eigenvalue weighted by Gasteiger charge is -2.29. The van der Waals surface area contributed by atoms with E-state index in [2.05, 4.69) is 10.3 Å². The van der Waals surface area contributed by atoms with E-state index >= 15 is 0 Å². The number of thiazole rings is 1. The van der Waals surface area contributed by atoms with Crippen LogP contribution in [0.25, 0.3) is 11.3 Å². The third-order valence-electron chi connectivity index (χ3n) is 5.04. The minimum atomic E-state index is -3.52.